The molecule has 0 unspecified atom stereocenters. The van der Waals surface area contributed by atoms with Crippen molar-refractivity contribution >= 4 is 28.4 Å². The van der Waals surface area contributed by atoms with Gasteiger partial charge in [0, 0.05) is 30.6 Å². The van der Waals surface area contributed by atoms with Gasteiger partial charge in [-0.05, 0) is 12.5 Å². The standard InChI is InChI=1S/C23H35N5O2/c1-3-5-6-7-8-9-10-11-12-13-17-25-23-26-21-15-14-19(28(29)30)18-20(21)22(27-23)24-16-4-2/h4,14-15,18H,2-3,5-13,16-17H2,1H3,(H2,24,25,26,27). The minimum atomic E-state index is -0.409. The van der Waals surface area contributed by atoms with E-state index in [4.69, 9.17) is 0 Å². The highest BCUT2D eigenvalue weighted by Gasteiger charge is 2.12. The molecule has 1 heterocycles. The van der Waals surface area contributed by atoms with E-state index in [1.807, 2.05) is 0 Å². The van der Waals surface area contributed by atoms with Gasteiger partial charge in [0.05, 0.1) is 10.4 Å². The maximum absolute atomic E-state index is 11.1. The summed E-state index contributed by atoms with van der Waals surface area (Å²) in [5, 5.41) is 18.2. The van der Waals surface area contributed by atoms with Gasteiger partial charge in [0.2, 0.25) is 5.95 Å². The van der Waals surface area contributed by atoms with Crippen molar-refractivity contribution in [2.45, 2.75) is 71.1 Å². The zero-order valence-electron chi connectivity index (χ0n) is 18.2. The molecule has 0 atom stereocenters. The Morgan fingerprint density at radius 1 is 1.00 bits per heavy atom. The van der Waals surface area contributed by atoms with Crippen molar-refractivity contribution in [3.63, 3.8) is 0 Å². The third-order valence-electron chi connectivity index (χ3n) is 5.12. The van der Waals surface area contributed by atoms with E-state index >= 15 is 0 Å². The fraction of sp³-hybridized carbons (Fsp3) is 0.565. The van der Waals surface area contributed by atoms with Gasteiger partial charge >= 0.3 is 0 Å². The second-order valence-corrected chi connectivity index (χ2v) is 7.63. The van der Waals surface area contributed by atoms with E-state index in [9.17, 15) is 10.1 Å². The number of nitrogens with zero attached hydrogens (tertiary/aromatic N) is 3. The average molecular weight is 414 g/mol. The van der Waals surface area contributed by atoms with E-state index in [1.165, 1.54) is 69.9 Å². The fourth-order valence-corrected chi connectivity index (χ4v) is 3.43. The quantitative estimate of drug-likeness (QED) is 0.142. The topological polar surface area (TPSA) is 93.0 Å². The van der Waals surface area contributed by atoms with Gasteiger partial charge in [-0.15, -0.1) is 6.58 Å². The Morgan fingerprint density at radius 3 is 2.30 bits per heavy atom. The van der Waals surface area contributed by atoms with Gasteiger partial charge in [-0.3, -0.25) is 10.1 Å². The molecule has 0 saturated heterocycles. The zero-order chi connectivity index (χ0) is 21.6. The number of hydrogen-bond acceptors (Lipinski definition) is 6. The number of anilines is 2. The summed E-state index contributed by atoms with van der Waals surface area (Å²) in [5.74, 6) is 1.12. The van der Waals surface area contributed by atoms with E-state index < -0.39 is 4.92 Å². The molecule has 0 bridgehead atoms. The SMILES string of the molecule is C=CCNc1nc(NCCCCCCCCCCCC)nc2ccc([N+](=O)[O-])cc12. The van der Waals surface area contributed by atoms with E-state index in [0.29, 0.717) is 29.2 Å². The summed E-state index contributed by atoms with van der Waals surface area (Å²) in [6.45, 7) is 7.29. The molecule has 0 fully saturated rings. The maximum atomic E-state index is 11.1. The second-order valence-electron chi connectivity index (χ2n) is 7.63. The first-order valence-corrected chi connectivity index (χ1v) is 11.2. The van der Waals surface area contributed by atoms with Crippen molar-refractivity contribution in [1.82, 2.24) is 9.97 Å². The van der Waals surface area contributed by atoms with Gasteiger partial charge in [0.1, 0.15) is 5.82 Å². The van der Waals surface area contributed by atoms with Crippen LogP contribution in [0.5, 0.6) is 0 Å². The average Bonchev–Trinajstić information content (AvgIpc) is 2.75. The number of fused-ring (bicyclic) bond motifs is 1. The first kappa shape index (κ1) is 23.6. The summed E-state index contributed by atoms with van der Waals surface area (Å²) < 4.78 is 0. The van der Waals surface area contributed by atoms with Crippen molar-refractivity contribution in [1.29, 1.82) is 0 Å². The number of unbranched alkanes of at least 4 members (excludes halogenated alkanes) is 9. The Labute approximate surface area is 179 Å². The molecule has 0 spiro atoms. The molecule has 1 aromatic carbocycles. The molecule has 30 heavy (non-hydrogen) atoms. The lowest BCUT2D eigenvalue weighted by Gasteiger charge is -2.11. The van der Waals surface area contributed by atoms with Gasteiger partial charge in [0.15, 0.2) is 0 Å². The Hall–Kier alpha value is -2.70. The van der Waals surface area contributed by atoms with Gasteiger partial charge in [-0.25, -0.2) is 4.98 Å². The molecule has 7 nitrogen and oxygen atoms in total. The lowest BCUT2D eigenvalue weighted by molar-refractivity contribution is -0.384. The molecule has 0 aliphatic rings. The molecule has 0 radical (unpaired) electrons. The van der Waals surface area contributed by atoms with Crippen molar-refractivity contribution in [3.05, 3.63) is 41.0 Å². The van der Waals surface area contributed by atoms with Crippen LogP contribution in [-0.4, -0.2) is 28.0 Å². The first-order valence-electron chi connectivity index (χ1n) is 11.2. The van der Waals surface area contributed by atoms with Crippen LogP contribution >= 0.6 is 0 Å². The molecular weight excluding hydrogens is 378 g/mol. The number of rotatable bonds is 16. The van der Waals surface area contributed by atoms with Gasteiger partial charge in [0.25, 0.3) is 5.69 Å². The van der Waals surface area contributed by atoms with Crippen LogP contribution in [0.15, 0.2) is 30.9 Å². The molecule has 164 valence electrons. The highest BCUT2D eigenvalue weighted by atomic mass is 16.6. The van der Waals surface area contributed by atoms with Crippen molar-refractivity contribution in [3.8, 4) is 0 Å². The van der Waals surface area contributed by atoms with Crippen LogP contribution in [0, 0.1) is 10.1 Å². The van der Waals surface area contributed by atoms with Crippen LogP contribution in [-0.2, 0) is 0 Å². The van der Waals surface area contributed by atoms with Gasteiger partial charge in [-0.1, -0.05) is 70.8 Å². The summed E-state index contributed by atoms with van der Waals surface area (Å²) >= 11 is 0. The number of non-ortho nitro benzene ring substituents is 1. The number of benzene rings is 1. The van der Waals surface area contributed by atoms with E-state index in [-0.39, 0.29) is 5.69 Å². The normalized spacial score (nSPS) is 10.8. The Balaban J connectivity index is 1.82. The molecule has 1 aromatic heterocycles. The Kier molecular flexibility index (Phi) is 10.6. The summed E-state index contributed by atoms with van der Waals surface area (Å²) in [5.41, 5.74) is 0.701. The van der Waals surface area contributed by atoms with E-state index in [2.05, 4.69) is 34.1 Å². The lowest BCUT2D eigenvalue weighted by atomic mass is 10.1. The Morgan fingerprint density at radius 2 is 1.67 bits per heavy atom. The monoisotopic (exact) mass is 413 g/mol. The van der Waals surface area contributed by atoms with Crippen LogP contribution in [0.2, 0.25) is 0 Å². The predicted octanol–water partition coefficient (Wildman–Crippen LogP) is 6.47. The lowest BCUT2D eigenvalue weighted by Crippen LogP contribution is -2.09. The predicted molar refractivity (Wildman–Crippen MR) is 125 cm³/mol. The molecular formula is C23H35N5O2. The van der Waals surface area contributed by atoms with Crippen molar-refractivity contribution < 1.29 is 4.92 Å². The van der Waals surface area contributed by atoms with Crippen LogP contribution in [0.25, 0.3) is 10.9 Å². The van der Waals surface area contributed by atoms with Crippen molar-refractivity contribution in [2.75, 3.05) is 23.7 Å². The van der Waals surface area contributed by atoms with Crippen molar-refractivity contribution in [2.24, 2.45) is 0 Å². The number of nitro groups is 1. The van der Waals surface area contributed by atoms with Gasteiger partial charge < -0.3 is 10.6 Å². The minimum absolute atomic E-state index is 0.0267. The number of nitro benzene ring substituents is 1. The molecule has 0 amide bonds. The molecule has 2 N–H and O–H groups in total. The molecule has 7 heteroatoms. The summed E-state index contributed by atoms with van der Waals surface area (Å²) in [6, 6.07) is 4.64. The van der Waals surface area contributed by atoms with E-state index in [0.717, 1.165) is 13.0 Å². The summed E-state index contributed by atoms with van der Waals surface area (Å²) in [7, 11) is 0. The molecule has 0 aliphatic carbocycles. The summed E-state index contributed by atoms with van der Waals surface area (Å²) in [6.07, 6.45) is 14.7. The maximum Gasteiger partial charge on any atom is 0.270 e. The second kappa shape index (κ2) is 13.5. The van der Waals surface area contributed by atoms with Crippen LogP contribution < -0.4 is 10.6 Å². The number of nitrogens with one attached hydrogen (secondary N) is 2. The molecule has 2 rings (SSSR count). The largest absolute Gasteiger partial charge is 0.366 e. The highest BCUT2D eigenvalue weighted by molar-refractivity contribution is 5.91. The van der Waals surface area contributed by atoms with Gasteiger partial charge in [-0.2, -0.15) is 4.98 Å². The van der Waals surface area contributed by atoms with Crippen LogP contribution in [0.1, 0.15) is 71.1 Å². The zero-order valence-corrected chi connectivity index (χ0v) is 18.2. The third-order valence-corrected chi connectivity index (χ3v) is 5.12. The highest BCUT2D eigenvalue weighted by Crippen LogP contribution is 2.26. The Bertz CT molecular complexity index is 810. The van der Waals surface area contributed by atoms with Crippen LogP contribution in [0.4, 0.5) is 17.5 Å². The third kappa shape index (κ3) is 7.97. The first-order chi connectivity index (χ1) is 14.7. The number of hydrogen-bond donors (Lipinski definition) is 2. The molecule has 0 aliphatic heterocycles. The number of aromatic nitrogens is 2. The fourth-order valence-electron chi connectivity index (χ4n) is 3.43. The minimum Gasteiger partial charge on any atom is -0.366 e. The smallest absolute Gasteiger partial charge is 0.270 e. The van der Waals surface area contributed by atoms with Crippen LogP contribution in [0.3, 0.4) is 0 Å². The molecule has 0 saturated carbocycles. The summed E-state index contributed by atoms with van der Waals surface area (Å²) in [4.78, 5) is 19.7. The van der Waals surface area contributed by atoms with E-state index in [1.54, 1.807) is 12.1 Å². The molecule has 2 aromatic rings.